The first-order chi connectivity index (χ1) is 16.0. The maximum atomic E-state index is 13.0. The smallest absolute Gasteiger partial charge is 0.406 e. The number of carbonyl (C=O) groups is 1. The van der Waals surface area contributed by atoms with E-state index in [0.717, 1.165) is 35.6 Å². The van der Waals surface area contributed by atoms with E-state index in [1.54, 1.807) is 10.7 Å². The number of aromatic nitrogens is 2. The number of piperazine rings is 1. The number of ether oxygens (including phenoxy) is 1. The number of hydrogen-bond acceptors (Lipinski definition) is 5. The number of hydrogen-bond donors (Lipinski definition) is 0. The molecule has 3 aromatic rings. The van der Waals surface area contributed by atoms with Gasteiger partial charge in [0.25, 0.3) is 5.91 Å². The summed E-state index contributed by atoms with van der Waals surface area (Å²) in [5, 5.41) is 4.41. The maximum Gasteiger partial charge on any atom is 0.573 e. The fraction of sp³-hybridized carbons (Fsp3) is 0.273. The first-order valence-electron chi connectivity index (χ1n) is 10.3. The first kappa shape index (κ1) is 23.8. The molecule has 4 rings (SSSR count). The maximum absolute atomic E-state index is 13.0. The lowest BCUT2D eigenvalue weighted by atomic mass is 10.3. The van der Waals surface area contributed by atoms with Crippen LogP contribution in [0.15, 0.2) is 65.6 Å². The molecule has 0 spiro atoms. The highest BCUT2D eigenvalue weighted by molar-refractivity contribution is 7.89. The van der Waals surface area contributed by atoms with Crippen molar-refractivity contribution in [3.63, 3.8) is 0 Å². The van der Waals surface area contributed by atoms with E-state index in [2.05, 4.69) is 9.84 Å². The molecule has 12 heteroatoms. The van der Waals surface area contributed by atoms with Crippen molar-refractivity contribution >= 4 is 15.9 Å². The second kappa shape index (κ2) is 9.11. The van der Waals surface area contributed by atoms with E-state index >= 15 is 0 Å². The van der Waals surface area contributed by atoms with Crippen molar-refractivity contribution < 1.29 is 31.1 Å². The number of amides is 1. The molecule has 1 aliphatic rings. The zero-order chi connectivity index (χ0) is 24.5. The second-order valence-corrected chi connectivity index (χ2v) is 9.57. The van der Waals surface area contributed by atoms with Gasteiger partial charge < -0.3 is 9.64 Å². The summed E-state index contributed by atoms with van der Waals surface area (Å²) in [6, 6.07) is 15.1. The van der Waals surface area contributed by atoms with Gasteiger partial charge in [-0.25, -0.2) is 13.1 Å². The number of nitrogens with zero attached hydrogens (tertiary/aromatic N) is 4. The zero-order valence-electron chi connectivity index (χ0n) is 18.1. The fourth-order valence-corrected chi connectivity index (χ4v) is 5.09. The molecule has 180 valence electrons. The third kappa shape index (κ3) is 5.07. The molecule has 1 saturated heterocycles. The van der Waals surface area contributed by atoms with E-state index < -0.39 is 22.1 Å². The van der Waals surface area contributed by atoms with Gasteiger partial charge in [-0.05, 0) is 49.4 Å². The molecule has 34 heavy (non-hydrogen) atoms. The van der Waals surface area contributed by atoms with Crippen molar-refractivity contribution in [3.8, 4) is 11.4 Å². The molecular weight excluding hydrogens is 473 g/mol. The fourth-order valence-electron chi connectivity index (χ4n) is 3.67. The summed E-state index contributed by atoms with van der Waals surface area (Å²) < 4.78 is 69.3. The van der Waals surface area contributed by atoms with Crippen LogP contribution in [-0.2, 0) is 10.0 Å². The average molecular weight is 494 g/mol. The van der Waals surface area contributed by atoms with Crippen LogP contribution in [0.2, 0.25) is 0 Å². The molecule has 1 aliphatic heterocycles. The lowest BCUT2D eigenvalue weighted by Gasteiger charge is -2.33. The number of carbonyl (C=O) groups excluding carboxylic acids is 1. The Labute approximate surface area is 194 Å². The Morgan fingerprint density at radius 1 is 0.971 bits per heavy atom. The molecule has 0 saturated carbocycles. The van der Waals surface area contributed by atoms with Crippen molar-refractivity contribution in [1.82, 2.24) is 19.0 Å². The van der Waals surface area contributed by atoms with Crippen LogP contribution in [0.25, 0.3) is 5.69 Å². The lowest BCUT2D eigenvalue weighted by Crippen LogP contribution is -2.50. The van der Waals surface area contributed by atoms with Crippen LogP contribution in [0.5, 0.6) is 5.75 Å². The van der Waals surface area contributed by atoms with Crippen LogP contribution in [0.1, 0.15) is 16.2 Å². The van der Waals surface area contributed by atoms with Crippen LogP contribution in [-0.4, -0.2) is 65.9 Å². The normalized spacial score (nSPS) is 15.4. The molecule has 2 aromatic carbocycles. The summed E-state index contributed by atoms with van der Waals surface area (Å²) in [5.41, 5.74) is 1.87. The van der Waals surface area contributed by atoms with Crippen LogP contribution >= 0.6 is 0 Å². The van der Waals surface area contributed by atoms with Gasteiger partial charge in [0.2, 0.25) is 10.0 Å². The van der Waals surface area contributed by atoms with Crippen molar-refractivity contribution in [2.75, 3.05) is 26.2 Å². The Hall–Kier alpha value is -3.38. The minimum absolute atomic E-state index is 0.0489. The Kier molecular flexibility index (Phi) is 6.36. The van der Waals surface area contributed by atoms with E-state index in [1.807, 2.05) is 37.3 Å². The predicted molar refractivity (Wildman–Crippen MR) is 116 cm³/mol. The predicted octanol–water partition coefficient (Wildman–Crippen LogP) is 3.23. The van der Waals surface area contributed by atoms with Crippen LogP contribution in [0.3, 0.4) is 0 Å². The van der Waals surface area contributed by atoms with E-state index in [4.69, 9.17) is 0 Å². The molecular formula is C22H21F3N4O4S. The average Bonchev–Trinajstić information content (AvgIpc) is 3.20. The molecule has 0 atom stereocenters. The molecule has 0 radical (unpaired) electrons. The highest BCUT2D eigenvalue weighted by Gasteiger charge is 2.33. The van der Waals surface area contributed by atoms with Gasteiger partial charge in [0.05, 0.1) is 10.6 Å². The molecule has 0 N–H and O–H groups in total. The van der Waals surface area contributed by atoms with Gasteiger partial charge in [-0.1, -0.05) is 18.2 Å². The SMILES string of the molecule is Cc1cc(C(=O)N2CCN(S(=O)(=O)c3ccc(OC(F)(F)F)cc3)CC2)nn1-c1ccccc1. The van der Waals surface area contributed by atoms with E-state index in [-0.39, 0.29) is 42.7 Å². The zero-order valence-corrected chi connectivity index (χ0v) is 18.9. The summed E-state index contributed by atoms with van der Waals surface area (Å²) in [7, 11) is -3.94. The van der Waals surface area contributed by atoms with Gasteiger partial charge in [-0.2, -0.15) is 9.40 Å². The number of benzene rings is 2. The molecule has 1 aromatic heterocycles. The van der Waals surface area contributed by atoms with E-state index in [9.17, 15) is 26.4 Å². The standard InChI is InChI=1S/C22H21F3N4O4S/c1-16-15-20(26-29(16)17-5-3-2-4-6-17)21(30)27-11-13-28(14-12-27)34(31,32)19-9-7-18(8-10-19)33-22(23,24)25/h2-10,15H,11-14H2,1H3. The van der Waals surface area contributed by atoms with Crippen molar-refractivity contribution in [2.45, 2.75) is 18.2 Å². The minimum atomic E-state index is -4.86. The number of halogens is 3. The summed E-state index contributed by atoms with van der Waals surface area (Å²) >= 11 is 0. The van der Waals surface area contributed by atoms with Crippen LogP contribution < -0.4 is 4.74 Å². The van der Waals surface area contributed by atoms with Crippen molar-refractivity contribution in [3.05, 3.63) is 72.1 Å². The number of para-hydroxylation sites is 1. The summed E-state index contributed by atoms with van der Waals surface area (Å²) in [6.07, 6.45) is -4.86. The third-order valence-corrected chi connectivity index (χ3v) is 7.24. The number of alkyl halides is 3. The van der Waals surface area contributed by atoms with Gasteiger partial charge >= 0.3 is 6.36 Å². The molecule has 0 bridgehead atoms. The van der Waals surface area contributed by atoms with Gasteiger partial charge in [0.1, 0.15) is 5.75 Å². The largest absolute Gasteiger partial charge is 0.573 e. The monoisotopic (exact) mass is 494 g/mol. The topological polar surface area (TPSA) is 84.7 Å². The Morgan fingerprint density at radius 3 is 2.18 bits per heavy atom. The number of sulfonamides is 1. The Morgan fingerprint density at radius 2 is 1.59 bits per heavy atom. The molecule has 0 aliphatic carbocycles. The quantitative estimate of drug-likeness (QED) is 0.544. The molecule has 1 amide bonds. The van der Waals surface area contributed by atoms with E-state index in [0.29, 0.717) is 0 Å². The van der Waals surface area contributed by atoms with Crippen LogP contribution in [0, 0.1) is 6.92 Å². The Balaban J connectivity index is 1.41. The third-order valence-electron chi connectivity index (χ3n) is 5.33. The number of aryl methyl sites for hydroxylation is 1. The highest BCUT2D eigenvalue weighted by atomic mass is 32.2. The van der Waals surface area contributed by atoms with Crippen LogP contribution in [0.4, 0.5) is 13.2 Å². The number of rotatable bonds is 5. The van der Waals surface area contributed by atoms with Gasteiger partial charge in [0, 0.05) is 31.9 Å². The summed E-state index contributed by atoms with van der Waals surface area (Å²) in [4.78, 5) is 14.3. The molecule has 1 fully saturated rings. The summed E-state index contributed by atoms with van der Waals surface area (Å²) in [6.45, 7) is 2.25. The first-order valence-corrected chi connectivity index (χ1v) is 11.8. The molecule has 8 nitrogen and oxygen atoms in total. The van der Waals surface area contributed by atoms with E-state index in [1.165, 1.54) is 9.21 Å². The molecule has 2 heterocycles. The second-order valence-electron chi connectivity index (χ2n) is 7.63. The minimum Gasteiger partial charge on any atom is -0.406 e. The Bertz CT molecular complexity index is 1270. The lowest BCUT2D eigenvalue weighted by molar-refractivity contribution is -0.274. The van der Waals surface area contributed by atoms with Gasteiger partial charge in [-0.15, -0.1) is 13.2 Å². The van der Waals surface area contributed by atoms with Gasteiger partial charge in [0.15, 0.2) is 5.69 Å². The summed E-state index contributed by atoms with van der Waals surface area (Å²) in [5.74, 6) is -0.810. The van der Waals surface area contributed by atoms with Crippen molar-refractivity contribution in [2.24, 2.45) is 0 Å². The molecule has 0 unspecified atom stereocenters. The van der Waals surface area contributed by atoms with Gasteiger partial charge in [-0.3, -0.25) is 4.79 Å². The highest BCUT2D eigenvalue weighted by Crippen LogP contribution is 2.25. The van der Waals surface area contributed by atoms with Crippen molar-refractivity contribution in [1.29, 1.82) is 0 Å².